The van der Waals surface area contributed by atoms with Gasteiger partial charge in [-0.25, -0.2) is 8.78 Å². The average molecular weight is 294 g/mol. The van der Waals surface area contributed by atoms with Gasteiger partial charge in [0.05, 0.1) is 11.1 Å². The maximum Gasteiger partial charge on any atom is 0.143 e. The maximum absolute atomic E-state index is 13.6. The topological polar surface area (TPSA) is 35.2 Å². The molecule has 0 spiro atoms. The van der Waals surface area contributed by atoms with E-state index in [-0.39, 0.29) is 16.5 Å². The summed E-state index contributed by atoms with van der Waals surface area (Å²) in [6.45, 7) is 2.67. The molecule has 1 aromatic carbocycles. The highest BCUT2D eigenvalue weighted by Crippen LogP contribution is 2.22. The van der Waals surface area contributed by atoms with E-state index < -0.39 is 17.7 Å². The van der Waals surface area contributed by atoms with Gasteiger partial charge in [-0.3, -0.25) is 0 Å². The number of nitrogens with two attached hydrogens (primary N) is 1. The summed E-state index contributed by atoms with van der Waals surface area (Å²) in [7, 11) is 0. The Morgan fingerprint density at radius 2 is 2.12 bits per heavy atom. The van der Waals surface area contributed by atoms with Crippen LogP contribution in [0.25, 0.3) is 0 Å². The smallest absolute Gasteiger partial charge is 0.143 e. The summed E-state index contributed by atoms with van der Waals surface area (Å²) in [5.74, 6) is -1.17. The Balaban J connectivity index is 2.76. The highest BCUT2D eigenvalue weighted by Gasteiger charge is 2.15. The molecule has 90 valence electrons. The van der Waals surface area contributed by atoms with E-state index in [1.54, 1.807) is 0 Å². The predicted octanol–water partition coefficient (Wildman–Crippen LogP) is 2.63. The van der Waals surface area contributed by atoms with Crippen molar-refractivity contribution in [3.05, 3.63) is 33.8 Å². The van der Waals surface area contributed by atoms with E-state index >= 15 is 0 Å². The summed E-state index contributed by atoms with van der Waals surface area (Å²) >= 11 is 3.01. The zero-order valence-electron chi connectivity index (χ0n) is 8.97. The van der Waals surface area contributed by atoms with Gasteiger partial charge >= 0.3 is 0 Å². The van der Waals surface area contributed by atoms with Gasteiger partial charge in [-0.05, 0) is 41.4 Å². The van der Waals surface area contributed by atoms with Crippen molar-refractivity contribution in [2.45, 2.75) is 19.4 Å². The van der Waals surface area contributed by atoms with Gasteiger partial charge in [-0.2, -0.15) is 0 Å². The maximum atomic E-state index is 13.6. The molecule has 0 aliphatic rings. The van der Waals surface area contributed by atoms with E-state index in [1.165, 1.54) is 12.1 Å². The minimum atomic E-state index is -0.591. The summed E-state index contributed by atoms with van der Waals surface area (Å²) in [5, 5.41) is 0. The predicted molar refractivity (Wildman–Crippen MR) is 62.2 cm³/mol. The monoisotopic (exact) mass is 293 g/mol. The molecule has 0 aliphatic heterocycles. The van der Waals surface area contributed by atoms with Crippen molar-refractivity contribution < 1.29 is 13.5 Å². The largest absolute Gasteiger partial charge is 0.380 e. The van der Waals surface area contributed by atoms with E-state index in [2.05, 4.69) is 15.9 Å². The van der Waals surface area contributed by atoms with E-state index in [9.17, 15) is 8.78 Å². The molecule has 0 aliphatic carbocycles. The van der Waals surface area contributed by atoms with Crippen molar-refractivity contribution in [2.75, 3.05) is 13.2 Å². The molecule has 0 aromatic heterocycles. The molecular formula is C11H14BrF2NO. The molecule has 0 heterocycles. The highest BCUT2D eigenvalue weighted by atomic mass is 79.9. The number of ether oxygens (including phenoxy) is 1. The van der Waals surface area contributed by atoms with E-state index in [4.69, 9.17) is 10.5 Å². The van der Waals surface area contributed by atoms with Gasteiger partial charge < -0.3 is 10.5 Å². The van der Waals surface area contributed by atoms with Gasteiger partial charge in [0, 0.05) is 18.2 Å². The number of rotatable bonds is 5. The molecule has 1 unspecified atom stereocenters. The van der Waals surface area contributed by atoms with Crippen molar-refractivity contribution in [1.82, 2.24) is 0 Å². The number of hydrogen-bond acceptors (Lipinski definition) is 2. The Labute approximate surface area is 102 Å². The van der Waals surface area contributed by atoms with Crippen LogP contribution in [0.15, 0.2) is 16.6 Å². The van der Waals surface area contributed by atoms with Gasteiger partial charge in [-0.15, -0.1) is 0 Å². The average Bonchev–Trinajstić information content (AvgIpc) is 2.27. The molecule has 0 fully saturated rings. The van der Waals surface area contributed by atoms with Crippen LogP contribution in [0.2, 0.25) is 0 Å². The van der Waals surface area contributed by atoms with Crippen molar-refractivity contribution in [2.24, 2.45) is 5.73 Å². The molecule has 2 nitrogen and oxygen atoms in total. The SMILES string of the molecule is CCOCC(N)Cc1c(F)ccc(Br)c1F. The molecule has 16 heavy (non-hydrogen) atoms. The van der Waals surface area contributed by atoms with E-state index in [0.29, 0.717) is 13.2 Å². The van der Waals surface area contributed by atoms with Gasteiger partial charge in [0.15, 0.2) is 0 Å². The molecule has 5 heteroatoms. The normalized spacial score (nSPS) is 12.8. The van der Waals surface area contributed by atoms with E-state index in [1.807, 2.05) is 6.92 Å². The summed E-state index contributed by atoms with van der Waals surface area (Å²) in [6, 6.07) is 2.15. The molecule has 1 atom stereocenters. The van der Waals surface area contributed by atoms with Gasteiger partial charge in [0.25, 0.3) is 0 Å². The van der Waals surface area contributed by atoms with Crippen molar-refractivity contribution in [3.63, 3.8) is 0 Å². The Kier molecular flexibility index (Phi) is 5.31. The Hall–Kier alpha value is -0.520. The lowest BCUT2D eigenvalue weighted by Gasteiger charge is -2.13. The zero-order valence-corrected chi connectivity index (χ0v) is 10.6. The van der Waals surface area contributed by atoms with Crippen LogP contribution in [-0.4, -0.2) is 19.3 Å². The first kappa shape index (κ1) is 13.5. The lowest BCUT2D eigenvalue weighted by atomic mass is 10.1. The van der Waals surface area contributed by atoms with Gasteiger partial charge in [0.2, 0.25) is 0 Å². The number of benzene rings is 1. The fourth-order valence-electron chi connectivity index (χ4n) is 1.35. The second kappa shape index (κ2) is 6.27. The third kappa shape index (κ3) is 3.50. The van der Waals surface area contributed by atoms with Crippen LogP contribution >= 0.6 is 15.9 Å². The first-order valence-corrected chi connectivity index (χ1v) is 5.81. The summed E-state index contributed by atoms with van der Waals surface area (Å²) in [4.78, 5) is 0. The van der Waals surface area contributed by atoms with Gasteiger partial charge in [0.1, 0.15) is 11.6 Å². The molecule has 2 N–H and O–H groups in total. The molecule has 0 bridgehead atoms. The van der Waals surface area contributed by atoms with E-state index in [0.717, 1.165) is 0 Å². The third-order valence-electron chi connectivity index (χ3n) is 2.14. The Morgan fingerprint density at radius 3 is 2.75 bits per heavy atom. The molecular weight excluding hydrogens is 280 g/mol. The van der Waals surface area contributed by atoms with Crippen molar-refractivity contribution >= 4 is 15.9 Å². The minimum Gasteiger partial charge on any atom is -0.380 e. The van der Waals surface area contributed by atoms with Crippen LogP contribution in [0.5, 0.6) is 0 Å². The molecule has 0 radical (unpaired) electrons. The van der Waals surface area contributed by atoms with Crippen LogP contribution in [0.1, 0.15) is 12.5 Å². The van der Waals surface area contributed by atoms with Gasteiger partial charge in [-0.1, -0.05) is 0 Å². The first-order chi connectivity index (χ1) is 7.56. The Bertz CT molecular complexity index is 360. The molecule has 1 rings (SSSR count). The summed E-state index contributed by atoms with van der Waals surface area (Å²) < 4.78 is 32.3. The summed E-state index contributed by atoms with van der Waals surface area (Å²) in [5.41, 5.74) is 5.71. The first-order valence-electron chi connectivity index (χ1n) is 5.02. The van der Waals surface area contributed by atoms with Crippen LogP contribution in [-0.2, 0) is 11.2 Å². The lowest BCUT2D eigenvalue weighted by Crippen LogP contribution is -2.29. The van der Waals surface area contributed by atoms with Crippen LogP contribution in [0.3, 0.4) is 0 Å². The van der Waals surface area contributed by atoms with Crippen molar-refractivity contribution in [3.8, 4) is 0 Å². The quantitative estimate of drug-likeness (QED) is 0.847. The van der Waals surface area contributed by atoms with Crippen LogP contribution < -0.4 is 5.73 Å². The standard InChI is InChI=1S/C11H14BrF2NO/c1-2-16-6-7(15)5-8-10(13)4-3-9(12)11(8)14/h3-4,7H,2,5-6,15H2,1H3. The van der Waals surface area contributed by atoms with Crippen LogP contribution in [0.4, 0.5) is 8.78 Å². The van der Waals surface area contributed by atoms with Crippen molar-refractivity contribution in [1.29, 1.82) is 0 Å². The summed E-state index contributed by atoms with van der Waals surface area (Å²) in [6.07, 6.45) is 0.122. The van der Waals surface area contributed by atoms with Crippen LogP contribution in [0, 0.1) is 11.6 Å². The Morgan fingerprint density at radius 1 is 1.44 bits per heavy atom. The molecule has 1 aromatic rings. The molecule has 0 saturated carbocycles. The minimum absolute atomic E-state index is 0.00146. The second-order valence-corrected chi connectivity index (χ2v) is 4.30. The fourth-order valence-corrected chi connectivity index (χ4v) is 1.72. The zero-order chi connectivity index (χ0) is 12.1. The highest BCUT2D eigenvalue weighted by molar-refractivity contribution is 9.10. The second-order valence-electron chi connectivity index (χ2n) is 3.45. The molecule has 0 saturated heterocycles. The fraction of sp³-hybridized carbons (Fsp3) is 0.455. The number of halogens is 3. The third-order valence-corrected chi connectivity index (χ3v) is 2.75. The number of hydrogen-bond donors (Lipinski definition) is 1. The lowest BCUT2D eigenvalue weighted by molar-refractivity contribution is 0.132. The molecule has 0 amide bonds.